The molecule has 0 radical (unpaired) electrons. The second-order valence-electron chi connectivity index (χ2n) is 22.4. The number of H-pyrrole nitrogens is 2. The third-order valence-electron chi connectivity index (χ3n) is 15.3. The molecule has 15 heteroatoms. The summed E-state index contributed by atoms with van der Waals surface area (Å²) in [4.78, 5) is 73.7. The number of imidazole rings is 2. The largest absolute Gasteiger partial charge is 0.465 e. The van der Waals surface area contributed by atoms with E-state index in [0.717, 1.165) is 81.3 Å². The number of ether oxygens (including phenoxy) is 1. The van der Waals surface area contributed by atoms with Crippen molar-refractivity contribution in [2.24, 2.45) is 10.8 Å². The minimum atomic E-state index is -1.13. The summed E-state index contributed by atoms with van der Waals surface area (Å²) in [5.41, 5.74) is 9.16. The van der Waals surface area contributed by atoms with Crippen LogP contribution in [0.5, 0.6) is 0 Å². The van der Waals surface area contributed by atoms with E-state index >= 15 is 0 Å². The Morgan fingerprint density at radius 3 is 1.58 bits per heavy atom. The van der Waals surface area contributed by atoms with Crippen LogP contribution in [-0.4, -0.2) is 108 Å². The van der Waals surface area contributed by atoms with Gasteiger partial charge in [-0.05, 0) is 107 Å². The van der Waals surface area contributed by atoms with Gasteiger partial charge < -0.3 is 39.5 Å². The summed E-state index contributed by atoms with van der Waals surface area (Å²) >= 11 is 0. The van der Waals surface area contributed by atoms with Crippen LogP contribution < -0.4 is 5.32 Å². The highest BCUT2D eigenvalue weighted by Crippen LogP contribution is 2.40. The zero-order valence-electron chi connectivity index (χ0n) is 43.6. The normalized spacial score (nSPS) is 18.4. The lowest BCUT2D eigenvalue weighted by molar-refractivity contribution is -0.141. The van der Waals surface area contributed by atoms with Crippen molar-refractivity contribution in [1.82, 2.24) is 44.5 Å². The third kappa shape index (κ3) is 10.5. The molecule has 4 atom stereocenters. The van der Waals surface area contributed by atoms with Gasteiger partial charge >= 0.3 is 12.2 Å². The molecular weight excluding hydrogens is 919 g/mol. The van der Waals surface area contributed by atoms with Crippen molar-refractivity contribution < 1.29 is 29.0 Å². The summed E-state index contributed by atoms with van der Waals surface area (Å²) in [6, 6.07) is 28.3. The summed E-state index contributed by atoms with van der Waals surface area (Å²) in [6.07, 6.45) is 11.3. The predicted molar refractivity (Wildman–Crippen MR) is 283 cm³/mol. The standard InChI is InChI=1S/C58H71N9O6/c1-57(2,3)49(63-55(70)73-8)53(68)65-32-12-16-47(65)51-59-34-43(61-51)38-18-22-40(23-19-38)45-30-31-46(67(45)42-28-26-37(27-29-42)36-14-10-9-11-15-36)41-24-20-39(21-25-41)44-35-60-52(62-44)48-17-13-33-66(48)54(69)50(58(4,5)6)64(7)56(71)72/h18-31,34-36,47-50H,9-17,32-33H2,1-8H3,(H,59,61)(H,60,62)(H,63,70)(H,71,72)/t47-,48-,49+,50+/m0/s1. The number of carbonyl (C=O) groups excluding carboxylic acids is 3. The lowest BCUT2D eigenvalue weighted by Gasteiger charge is -2.38. The number of benzene rings is 3. The SMILES string of the molecule is COC(=O)N[C@H](C(=O)N1CCC[C@H]1c1ncc(-c2ccc(-c3ccc(-c4ccc(-c5cnc([C@@H]6CCCN6C(=O)[C@@H](N(C)C(=O)O)C(C)(C)C)[nH]5)cc4)n3-c3ccc(C4CCCCC4)cc3)cc2)[nH]1)C(C)(C)C. The number of hydrogen-bond donors (Lipinski definition) is 4. The third-order valence-corrected chi connectivity index (χ3v) is 15.3. The molecule has 0 unspecified atom stereocenters. The van der Waals surface area contributed by atoms with E-state index in [0.29, 0.717) is 30.7 Å². The minimum absolute atomic E-state index is 0.154. The van der Waals surface area contributed by atoms with Gasteiger partial charge in [0.15, 0.2) is 0 Å². The number of rotatable bonds is 12. The van der Waals surface area contributed by atoms with Crippen molar-refractivity contribution in [3.63, 3.8) is 0 Å². The number of methoxy groups -OCH3 is 1. The number of amides is 4. The number of likely N-dealkylation sites (N-methyl/N-ethyl adjacent to an activating group) is 1. The Kier molecular flexibility index (Phi) is 14.4. The molecule has 3 aromatic heterocycles. The quantitative estimate of drug-likeness (QED) is 0.0934. The van der Waals surface area contributed by atoms with E-state index in [9.17, 15) is 24.3 Å². The molecule has 15 nitrogen and oxygen atoms in total. The fourth-order valence-corrected chi connectivity index (χ4v) is 11.4. The number of likely N-dealkylation sites (tertiary alicyclic amines) is 2. The van der Waals surface area contributed by atoms with Crippen LogP contribution in [0.1, 0.15) is 135 Å². The van der Waals surface area contributed by atoms with E-state index in [2.05, 4.69) is 105 Å². The van der Waals surface area contributed by atoms with Crippen molar-refractivity contribution >= 4 is 24.0 Å². The van der Waals surface area contributed by atoms with Gasteiger partial charge in [-0.3, -0.25) is 14.5 Å². The van der Waals surface area contributed by atoms with Gasteiger partial charge in [-0.25, -0.2) is 19.6 Å². The molecule has 0 bridgehead atoms. The van der Waals surface area contributed by atoms with Crippen LogP contribution in [0, 0.1) is 10.8 Å². The van der Waals surface area contributed by atoms with E-state index < -0.39 is 35.1 Å². The molecule has 3 aromatic carbocycles. The fourth-order valence-electron chi connectivity index (χ4n) is 11.4. The molecule has 5 heterocycles. The summed E-state index contributed by atoms with van der Waals surface area (Å²) in [6.45, 7) is 12.6. The predicted octanol–water partition coefficient (Wildman–Crippen LogP) is 11.8. The first-order valence-corrected chi connectivity index (χ1v) is 26.0. The number of hydrogen-bond acceptors (Lipinski definition) is 7. The smallest absolute Gasteiger partial charge is 0.407 e. The van der Waals surface area contributed by atoms with Crippen LogP contribution in [0.4, 0.5) is 9.59 Å². The van der Waals surface area contributed by atoms with Crippen LogP contribution in [0.3, 0.4) is 0 Å². The maximum absolute atomic E-state index is 14.0. The Bertz CT molecular complexity index is 2920. The minimum Gasteiger partial charge on any atom is -0.465 e. The molecular formula is C58H71N9O6. The Morgan fingerprint density at radius 1 is 0.644 bits per heavy atom. The number of nitrogens with zero attached hydrogens (tertiary/aromatic N) is 6. The van der Waals surface area contributed by atoms with Gasteiger partial charge in [0, 0.05) is 25.8 Å². The summed E-state index contributed by atoms with van der Waals surface area (Å²) in [7, 11) is 2.77. The van der Waals surface area contributed by atoms with Gasteiger partial charge in [0.05, 0.1) is 54.4 Å². The van der Waals surface area contributed by atoms with Gasteiger partial charge in [-0.15, -0.1) is 0 Å². The van der Waals surface area contributed by atoms with E-state index in [-0.39, 0.29) is 23.9 Å². The van der Waals surface area contributed by atoms with Crippen LogP contribution >= 0.6 is 0 Å². The van der Waals surface area contributed by atoms with Crippen LogP contribution in [-0.2, 0) is 14.3 Å². The zero-order valence-corrected chi connectivity index (χ0v) is 43.6. The average molecular weight is 990 g/mol. The second kappa shape index (κ2) is 20.8. The Labute approximate surface area is 428 Å². The summed E-state index contributed by atoms with van der Waals surface area (Å²) in [5.74, 6) is 1.64. The molecule has 1 aliphatic carbocycles. The molecule has 3 fully saturated rings. The molecule has 2 saturated heterocycles. The molecule has 4 N–H and O–H groups in total. The van der Waals surface area contributed by atoms with Crippen molar-refractivity contribution in [1.29, 1.82) is 0 Å². The Balaban J connectivity index is 0.974. The monoisotopic (exact) mass is 990 g/mol. The van der Waals surface area contributed by atoms with Gasteiger partial charge in [0.2, 0.25) is 11.8 Å². The topological polar surface area (TPSA) is 182 Å². The van der Waals surface area contributed by atoms with Gasteiger partial charge in [0.25, 0.3) is 0 Å². The highest BCUT2D eigenvalue weighted by molar-refractivity contribution is 5.88. The van der Waals surface area contributed by atoms with Crippen molar-refractivity contribution in [3.8, 4) is 50.7 Å². The molecule has 4 amide bonds. The zero-order chi connectivity index (χ0) is 51.8. The van der Waals surface area contributed by atoms with E-state index in [1.165, 1.54) is 51.8 Å². The lowest BCUT2D eigenvalue weighted by Crippen LogP contribution is -2.54. The molecule has 73 heavy (non-hydrogen) atoms. The van der Waals surface area contributed by atoms with Crippen LogP contribution in [0.2, 0.25) is 0 Å². The maximum Gasteiger partial charge on any atom is 0.407 e. The molecule has 6 aromatic rings. The highest BCUT2D eigenvalue weighted by Gasteiger charge is 2.44. The lowest BCUT2D eigenvalue weighted by atomic mass is 9.84. The number of aromatic amines is 2. The molecule has 0 spiro atoms. The molecule has 2 aliphatic heterocycles. The number of aromatic nitrogens is 5. The summed E-state index contributed by atoms with van der Waals surface area (Å²) < 4.78 is 7.19. The van der Waals surface area contributed by atoms with Gasteiger partial charge in [0.1, 0.15) is 23.7 Å². The first kappa shape index (κ1) is 50.8. The van der Waals surface area contributed by atoms with E-state index in [1.807, 2.05) is 58.8 Å². The first-order chi connectivity index (χ1) is 34.9. The van der Waals surface area contributed by atoms with Crippen molar-refractivity contribution in [2.75, 3.05) is 27.2 Å². The summed E-state index contributed by atoms with van der Waals surface area (Å²) in [5, 5.41) is 12.6. The van der Waals surface area contributed by atoms with E-state index in [1.54, 1.807) is 4.90 Å². The second-order valence-corrected chi connectivity index (χ2v) is 22.4. The highest BCUT2D eigenvalue weighted by atomic mass is 16.5. The Hall–Kier alpha value is -7.16. The first-order valence-electron chi connectivity index (χ1n) is 26.0. The number of carboxylic acid groups (broad SMARTS) is 1. The van der Waals surface area contributed by atoms with Gasteiger partial charge in [-0.1, -0.05) is 121 Å². The van der Waals surface area contributed by atoms with Gasteiger partial charge in [-0.2, -0.15) is 0 Å². The molecule has 1 saturated carbocycles. The number of carbonyl (C=O) groups is 4. The number of nitrogens with one attached hydrogen (secondary N) is 3. The van der Waals surface area contributed by atoms with Crippen LogP contribution in [0.15, 0.2) is 97.3 Å². The average Bonchev–Trinajstić information content (AvgIpc) is 4.25. The van der Waals surface area contributed by atoms with E-state index in [4.69, 9.17) is 14.7 Å². The fraction of sp³-hybridized carbons (Fsp3) is 0.448. The van der Waals surface area contributed by atoms with Crippen molar-refractivity contribution in [2.45, 2.75) is 129 Å². The Morgan fingerprint density at radius 2 is 1.12 bits per heavy atom. The molecule has 3 aliphatic rings. The molecule has 9 rings (SSSR count). The van der Waals surface area contributed by atoms with Crippen molar-refractivity contribution in [3.05, 3.63) is 115 Å². The maximum atomic E-state index is 14.0. The molecule has 384 valence electrons. The van der Waals surface area contributed by atoms with Crippen LogP contribution in [0.25, 0.3) is 50.7 Å². The number of alkyl carbamates (subject to hydrolysis) is 1.